The van der Waals surface area contributed by atoms with E-state index in [1.807, 2.05) is 6.07 Å². The largest absolute Gasteiger partial charge is 0.286 e. The number of nitro groups is 1. The second-order valence-corrected chi connectivity index (χ2v) is 5.76. The minimum absolute atomic E-state index is 0.137. The van der Waals surface area contributed by atoms with E-state index in [1.54, 1.807) is 25.5 Å². The molecule has 1 aromatic carbocycles. The molecule has 3 rings (SSSR count). The fraction of sp³-hybridized carbons (Fsp3) is 0.0667. The predicted octanol–water partition coefficient (Wildman–Crippen LogP) is 2.78. The van der Waals surface area contributed by atoms with Crippen LogP contribution in [0.15, 0.2) is 48.8 Å². The Morgan fingerprint density at radius 2 is 2.08 bits per heavy atom. The van der Waals surface area contributed by atoms with Crippen molar-refractivity contribution in [2.45, 2.75) is 0 Å². The summed E-state index contributed by atoms with van der Waals surface area (Å²) in [5.41, 5.74) is 0.879. The molecule has 0 saturated carbocycles. The molecule has 0 radical (unpaired) electrons. The average molecular weight is 341 g/mol. The number of benzene rings is 1. The van der Waals surface area contributed by atoms with Crippen molar-refractivity contribution in [3.8, 4) is 10.6 Å². The van der Waals surface area contributed by atoms with Crippen LogP contribution in [0.5, 0.6) is 0 Å². The Kier molecular flexibility index (Phi) is 4.25. The highest BCUT2D eigenvalue weighted by Crippen LogP contribution is 2.28. The monoisotopic (exact) mass is 341 g/mol. The van der Waals surface area contributed by atoms with E-state index in [1.165, 1.54) is 40.5 Å². The number of pyridine rings is 1. The van der Waals surface area contributed by atoms with Crippen LogP contribution < -0.4 is 4.90 Å². The summed E-state index contributed by atoms with van der Waals surface area (Å²) in [6.45, 7) is 0. The number of nitrogens with zero attached hydrogens (tertiary/aromatic N) is 5. The molecular formula is C15H11N5O3S. The molecule has 0 fully saturated rings. The third-order valence-corrected chi connectivity index (χ3v) is 4.27. The van der Waals surface area contributed by atoms with Crippen LogP contribution in [-0.2, 0) is 0 Å². The smallest absolute Gasteiger partial charge is 0.270 e. The van der Waals surface area contributed by atoms with Crippen molar-refractivity contribution in [2.24, 2.45) is 0 Å². The molecule has 0 aliphatic carbocycles. The van der Waals surface area contributed by atoms with Gasteiger partial charge in [0.05, 0.1) is 4.92 Å². The number of aromatic nitrogens is 3. The summed E-state index contributed by atoms with van der Waals surface area (Å²) < 4.78 is 0. The number of carbonyl (C=O) groups excluding carboxylic acids is 1. The number of carbonyl (C=O) groups is 1. The van der Waals surface area contributed by atoms with E-state index in [2.05, 4.69) is 15.2 Å². The summed E-state index contributed by atoms with van der Waals surface area (Å²) in [5.74, 6) is -0.396. The fourth-order valence-electron chi connectivity index (χ4n) is 1.99. The van der Waals surface area contributed by atoms with Crippen molar-refractivity contribution in [2.75, 3.05) is 11.9 Å². The van der Waals surface area contributed by atoms with Gasteiger partial charge in [0.2, 0.25) is 5.13 Å². The molecule has 0 atom stereocenters. The lowest BCUT2D eigenvalue weighted by molar-refractivity contribution is -0.384. The number of hydrogen-bond acceptors (Lipinski definition) is 7. The molecule has 0 spiro atoms. The van der Waals surface area contributed by atoms with Crippen molar-refractivity contribution >= 4 is 28.1 Å². The first-order valence-electron chi connectivity index (χ1n) is 6.82. The minimum Gasteiger partial charge on any atom is -0.286 e. The summed E-state index contributed by atoms with van der Waals surface area (Å²) in [5, 5.41) is 19.9. The molecule has 0 aliphatic heterocycles. The van der Waals surface area contributed by atoms with E-state index in [0.29, 0.717) is 10.1 Å². The Morgan fingerprint density at radius 1 is 1.25 bits per heavy atom. The lowest BCUT2D eigenvalue weighted by Crippen LogP contribution is -2.26. The third-order valence-electron chi connectivity index (χ3n) is 3.22. The van der Waals surface area contributed by atoms with Crippen LogP contribution in [0.1, 0.15) is 10.4 Å². The van der Waals surface area contributed by atoms with E-state index in [-0.39, 0.29) is 11.3 Å². The molecule has 0 N–H and O–H groups in total. The van der Waals surface area contributed by atoms with Gasteiger partial charge in [-0.1, -0.05) is 17.4 Å². The highest BCUT2D eigenvalue weighted by Gasteiger charge is 2.20. The Morgan fingerprint density at radius 3 is 2.79 bits per heavy atom. The summed E-state index contributed by atoms with van der Waals surface area (Å²) in [6, 6.07) is 9.20. The van der Waals surface area contributed by atoms with Gasteiger partial charge in [0, 0.05) is 42.7 Å². The number of amides is 1. The lowest BCUT2D eigenvalue weighted by atomic mass is 10.2. The topological polar surface area (TPSA) is 102 Å². The van der Waals surface area contributed by atoms with Crippen LogP contribution in [0, 0.1) is 10.1 Å². The molecule has 2 heterocycles. The van der Waals surface area contributed by atoms with Gasteiger partial charge in [-0.05, 0) is 18.2 Å². The zero-order valence-electron chi connectivity index (χ0n) is 12.5. The van der Waals surface area contributed by atoms with Crippen molar-refractivity contribution in [3.63, 3.8) is 0 Å². The number of rotatable bonds is 4. The maximum Gasteiger partial charge on any atom is 0.270 e. The van der Waals surface area contributed by atoms with Gasteiger partial charge in [-0.25, -0.2) is 0 Å². The van der Waals surface area contributed by atoms with E-state index < -0.39 is 10.8 Å². The SMILES string of the molecule is CN(C(=O)c1cccc([N+](=O)[O-])c1)c1nnc(-c2cccnc2)s1. The van der Waals surface area contributed by atoms with Crippen LogP contribution >= 0.6 is 11.3 Å². The first-order valence-corrected chi connectivity index (χ1v) is 7.64. The summed E-state index contributed by atoms with van der Waals surface area (Å²) in [7, 11) is 1.55. The van der Waals surface area contributed by atoms with Crippen LogP contribution in [0.2, 0.25) is 0 Å². The van der Waals surface area contributed by atoms with Crippen LogP contribution in [0.3, 0.4) is 0 Å². The molecular weight excluding hydrogens is 330 g/mol. The van der Waals surface area contributed by atoms with E-state index in [0.717, 1.165) is 5.56 Å². The third kappa shape index (κ3) is 3.10. The highest BCUT2D eigenvalue weighted by atomic mass is 32.1. The van der Waals surface area contributed by atoms with E-state index >= 15 is 0 Å². The second kappa shape index (κ2) is 6.50. The normalized spacial score (nSPS) is 10.4. The van der Waals surface area contributed by atoms with Gasteiger partial charge >= 0.3 is 0 Å². The fourth-order valence-corrected chi connectivity index (χ4v) is 2.78. The zero-order chi connectivity index (χ0) is 17.1. The molecule has 1 amide bonds. The molecule has 2 aromatic heterocycles. The predicted molar refractivity (Wildman–Crippen MR) is 89.0 cm³/mol. The Labute approximate surface area is 140 Å². The Bertz CT molecular complexity index is 897. The molecule has 0 bridgehead atoms. The highest BCUT2D eigenvalue weighted by molar-refractivity contribution is 7.18. The summed E-state index contributed by atoms with van der Waals surface area (Å²) in [4.78, 5) is 28.1. The standard InChI is InChI=1S/C15H11N5O3S/c1-19(14(21)10-4-2-6-12(8-10)20(22)23)15-18-17-13(24-15)11-5-3-7-16-9-11/h2-9H,1H3. The summed E-state index contributed by atoms with van der Waals surface area (Å²) >= 11 is 1.24. The molecule has 24 heavy (non-hydrogen) atoms. The van der Waals surface area contributed by atoms with Crippen molar-refractivity contribution < 1.29 is 9.72 Å². The van der Waals surface area contributed by atoms with Crippen LogP contribution in [-0.4, -0.2) is 33.1 Å². The van der Waals surface area contributed by atoms with Crippen molar-refractivity contribution in [1.82, 2.24) is 15.2 Å². The Balaban J connectivity index is 1.85. The molecule has 120 valence electrons. The van der Waals surface area contributed by atoms with Gasteiger partial charge in [0.1, 0.15) is 0 Å². The van der Waals surface area contributed by atoms with Gasteiger partial charge in [-0.2, -0.15) is 0 Å². The maximum atomic E-state index is 12.5. The molecule has 0 saturated heterocycles. The molecule has 3 aromatic rings. The number of hydrogen-bond donors (Lipinski definition) is 0. The molecule has 0 unspecified atom stereocenters. The summed E-state index contributed by atoms with van der Waals surface area (Å²) in [6.07, 6.45) is 3.32. The second-order valence-electron chi connectivity index (χ2n) is 4.80. The van der Waals surface area contributed by atoms with Crippen LogP contribution in [0.25, 0.3) is 10.6 Å². The number of non-ortho nitro benzene ring substituents is 1. The first kappa shape index (κ1) is 15.7. The number of anilines is 1. The van der Waals surface area contributed by atoms with E-state index in [9.17, 15) is 14.9 Å². The number of nitro benzene ring substituents is 1. The van der Waals surface area contributed by atoms with E-state index in [4.69, 9.17) is 0 Å². The van der Waals surface area contributed by atoms with Gasteiger partial charge in [0.25, 0.3) is 11.6 Å². The van der Waals surface area contributed by atoms with Gasteiger partial charge in [-0.3, -0.25) is 24.8 Å². The van der Waals surface area contributed by atoms with Gasteiger partial charge in [-0.15, -0.1) is 10.2 Å². The minimum atomic E-state index is -0.539. The van der Waals surface area contributed by atoms with Crippen molar-refractivity contribution in [3.05, 3.63) is 64.5 Å². The van der Waals surface area contributed by atoms with Crippen molar-refractivity contribution in [1.29, 1.82) is 0 Å². The average Bonchev–Trinajstić information content (AvgIpc) is 3.11. The van der Waals surface area contributed by atoms with Gasteiger partial charge in [0.15, 0.2) is 5.01 Å². The molecule has 9 heteroatoms. The molecule has 8 nitrogen and oxygen atoms in total. The Hall–Kier alpha value is -3.20. The lowest BCUT2D eigenvalue weighted by Gasteiger charge is -2.12. The maximum absolute atomic E-state index is 12.5. The van der Waals surface area contributed by atoms with Gasteiger partial charge < -0.3 is 0 Å². The zero-order valence-corrected chi connectivity index (χ0v) is 13.3. The first-order chi connectivity index (χ1) is 11.6. The van der Waals surface area contributed by atoms with Crippen LogP contribution in [0.4, 0.5) is 10.8 Å². The molecule has 0 aliphatic rings. The quantitative estimate of drug-likeness (QED) is 0.534.